The van der Waals surface area contributed by atoms with Gasteiger partial charge in [0.2, 0.25) is 0 Å². The van der Waals surface area contributed by atoms with E-state index in [4.69, 9.17) is 0 Å². The van der Waals surface area contributed by atoms with Gasteiger partial charge in [0.15, 0.2) is 0 Å². The number of hydrogen-bond donors (Lipinski definition) is 0. The Morgan fingerprint density at radius 2 is 1.76 bits per heavy atom. The third-order valence-corrected chi connectivity index (χ3v) is 2.65. The Morgan fingerprint density at radius 3 is 2.29 bits per heavy atom. The van der Waals surface area contributed by atoms with E-state index >= 15 is 0 Å². The molecule has 0 aromatic carbocycles. The van der Waals surface area contributed by atoms with Gasteiger partial charge in [-0.3, -0.25) is 0 Å². The normalized spacial score (nSPS) is 11.8. The summed E-state index contributed by atoms with van der Waals surface area (Å²) in [6.07, 6.45) is 10.8. The summed E-state index contributed by atoms with van der Waals surface area (Å²) in [6.45, 7) is 11.5. The molecular weight excluding hydrogens is 208 g/mol. The second-order valence-electron chi connectivity index (χ2n) is 4.42. The molecule has 0 unspecified atom stereocenters. The first-order chi connectivity index (χ1) is 8.11. The topological polar surface area (TPSA) is 6.48 Å². The van der Waals surface area contributed by atoms with Crippen LogP contribution in [0, 0.1) is 0 Å². The molecule has 0 aromatic heterocycles. The van der Waals surface area contributed by atoms with Gasteiger partial charge in [0.25, 0.3) is 0 Å². The third-order valence-electron chi connectivity index (χ3n) is 2.65. The monoisotopic (exact) mass is 236 g/mol. The van der Waals surface area contributed by atoms with Gasteiger partial charge in [0.05, 0.1) is 0 Å². The molecule has 0 spiro atoms. The minimum Gasteiger partial charge on any atom is -0.371 e. The molecule has 0 aliphatic heterocycles. The zero-order chi connectivity index (χ0) is 13.1. The summed E-state index contributed by atoms with van der Waals surface area (Å²) in [5.41, 5.74) is 1.12. The van der Waals surface area contributed by atoms with Crippen molar-refractivity contribution in [2.45, 2.75) is 26.7 Å². The van der Waals surface area contributed by atoms with Gasteiger partial charge < -0.3 is 9.80 Å². The standard InChI is InChI=1S/C15H28N2/c1-6-8-9-10-11-12-15(3)17(7-2)14-13-16(4)5/h6,8,11-12H,3,7,9-10,13-14H2,1-2,4-5H3/b8-6+,12-11+. The summed E-state index contributed by atoms with van der Waals surface area (Å²) in [6, 6.07) is 0. The fourth-order valence-electron chi connectivity index (χ4n) is 1.51. The molecule has 0 bridgehead atoms. The van der Waals surface area contributed by atoms with Gasteiger partial charge in [0.1, 0.15) is 0 Å². The largest absolute Gasteiger partial charge is 0.371 e. The summed E-state index contributed by atoms with van der Waals surface area (Å²) in [5.74, 6) is 0. The van der Waals surface area contributed by atoms with Crippen molar-refractivity contribution < 1.29 is 0 Å². The van der Waals surface area contributed by atoms with Crippen LogP contribution in [0.1, 0.15) is 26.7 Å². The minimum atomic E-state index is 1.02. The van der Waals surface area contributed by atoms with E-state index in [2.05, 4.69) is 68.6 Å². The van der Waals surface area contributed by atoms with Gasteiger partial charge >= 0.3 is 0 Å². The molecule has 0 amide bonds. The van der Waals surface area contributed by atoms with Gasteiger partial charge in [-0.1, -0.05) is 24.8 Å². The second kappa shape index (κ2) is 10.2. The van der Waals surface area contributed by atoms with Crippen LogP contribution >= 0.6 is 0 Å². The average molecular weight is 236 g/mol. The van der Waals surface area contributed by atoms with Gasteiger partial charge in [-0.2, -0.15) is 0 Å². The van der Waals surface area contributed by atoms with Gasteiger partial charge in [-0.15, -0.1) is 0 Å². The number of rotatable bonds is 9. The molecule has 0 radical (unpaired) electrons. The fourth-order valence-corrected chi connectivity index (χ4v) is 1.51. The summed E-state index contributed by atoms with van der Waals surface area (Å²) in [7, 11) is 4.20. The lowest BCUT2D eigenvalue weighted by molar-refractivity contribution is 0.305. The van der Waals surface area contributed by atoms with Gasteiger partial charge in [0, 0.05) is 25.3 Å². The van der Waals surface area contributed by atoms with E-state index in [1.54, 1.807) is 0 Å². The maximum Gasteiger partial charge on any atom is 0.0305 e. The van der Waals surface area contributed by atoms with Crippen molar-refractivity contribution in [2.24, 2.45) is 0 Å². The molecule has 2 heteroatoms. The Hall–Kier alpha value is -1.02. The molecule has 0 saturated carbocycles. The fraction of sp³-hybridized carbons (Fsp3) is 0.600. The van der Waals surface area contributed by atoms with E-state index in [1.165, 1.54) is 0 Å². The third kappa shape index (κ3) is 8.75. The highest BCUT2D eigenvalue weighted by Gasteiger charge is 2.02. The predicted molar refractivity (Wildman–Crippen MR) is 78.1 cm³/mol. The van der Waals surface area contributed by atoms with Crippen LogP contribution in [0.25, 0.3) is 0 Å². The quantitative estimate of drug-likeness (QED) is 0.344. The molecule has 17 heavy (non-hydrogen) atoms. The Balaban J connectivity index is 3.98. The summed E-state index contributed by atoms with van der Waals surface area (Å²) in [4.78, 5) is 4.51. The molecular formula is C15H28N2. The molecule has 0 rings (SSSR count). The van der Waals surface area contributed by atoms with Crippen molar-refractivity contribution in [1.29, 1.82) is 0 Å². The molecule has 98 valence electrons. The van der Waals surface area contributed by atoms with Crippen molar-refractivity contribution in [1.82, 2.24) is 9.80 Å². The minimum absolute atomic E-state index is 1.02. The first-order valence-corrected chi connectivity index (χ1v) is 6.48. The smallest absolute Gasteiger partial charge is 0.0305 e. The van der Waals surface area contributed by atoms with Crippen molar-refractivity contribution in [2.75, 3.05) is 33.7 Å². The van der Waals surface area contributed by atoms with E-state index in [0.717, 1.165) is 38.2 Å². The Morgan fingerprint density at radius 1 is 1.12 bits per heavy atom. The molecule has 0 aromatic rings. The summed E-state index contributed by atoms with van der Waals surface area (Å²) >= 11 is 0. The van der Waals surface area contributed by atoms with Crippen LogP contribution in [0.3, 0.4) is 0 Å². The van der Waals surface area contributed by atoms with E-state index < -0.39 is 0 Å². The van der Waals surface area contributed by atoms with E-state index in [9.17, 15) is 0 Å². The lowest BCUT2D eigenvalue weighted by Crippen LogP contribution is -2.30. The zero-order valence-corrected chi connectivity index (χ0v) is 11.9. The van der Waals surface area contributed by atoms with Gasteiger partial charge in [-0.05, 0) is 46.9 Å². The zero-order valence-electron chi connectivity index (χ0n) is 11.9. The van der Waals surface area contributed by atoms with Crippen LogP contribution in [-0.2, 0) is 0 Å². The number of nitrogens with zero attached hydrogens (tertiary/aromatic N) is 2. The Kier molecular flexibility index (Phi) is 9.55. The molecule has 2 nitrogen and oxygen atoms in total. The van der Waals surface area contributed by atoms with E-state index in [-0.39, 0.29) is 0 Å². The van der Waals surface area contributed by atoms with Crippen LogP contribution in [0.15, 0.2) is 36.6 Å². The summed E-state index contributed by atoms with van der Waals surface area (Å²) in [5, 5.41) is 0. The number of allylic oxidation sites excluding steroid dienone is 4. The van der Waals surface area contributed by atoms with Crippen LogP contribution in [0.5, 0.6) is 0 Å². The maximum absolute atomic E-state index is 4.12. The summed E-state index contributed by atoms with van der Waals surface area (Å²) < 4.78 is 0. The number of likely N-dealkylation sites (N-methyl/N-ethyl adjacent to an activating group) is 2. The lowest BCUT2D eigenvalue weighted by atomic mass is 10.2. The Bertz CT molecular complexity index is 252. The molecule has 0 aliphatic carbocycles. The highest BCUT2D eigenvalue weighted by atomic mass is 15.2. The molecule has 0 N–H and O–H groups in total. The van der Waals surface area contributed by atoms with E-state index in [1.807, 2.05) is 0 Å². The van der Waals surface area contributed by atoms with Crippen molar-refractivity contribution in [3.8, 4) is 0 Å². The molecule has 0 aliphatic rings. The lowest BCUT2D eigenvalue weighted by Gasteiger charge is -2.25. The van der Waals surface area contributed by atoms with Crippen LogP contribution < -0.4 is 0 Å². The van der Waals surface area contributed by atoms with Crippen molar-refractivity contribution in [3.05, 3.63) is 36.6 Å². The first-order valence-electron chi connectivity index (χ1n) is 6.48. The highest BCUT2D eigenvalue weighted by molar-refractivity contribution is 5.13. The molecule has 0 atom stereocenters. The SMILES string of the molecule is C=C(/C=C/CC/C=C/C)N(CC)CCN(C)C. The first kappa shape index (κ1) is 16.0. The maximum atomic E-state index is 4.12. The molecule has 0 fully saturated rings. The van der Waals surface area contributed by atoms with Crippen LogP contribution in [0.4, 0.5) is 0 Å². The van der Waals surface area contributed by atoms with E-state index in [0.29, 0.717) is 0 Å². The number of hydrogen-bond acceptors (Lipinski definition) is 2. The van der Waals surface area contributed by atoms with Crippen LogP contribution in [-0.4, -0.2) is 43.5 Å². The van der Waals surface area contributed by atoms with Crippen molar-refractivity contribution in [3.63, 3.8) is 0 Å². The number of unbranched alkanes of at least 4 members (excludes halogenated alkanes) is 1. The predicted octanol–water partition coefficient (Wildman–Crippen LogP) is 3.30. The molecule has 0 saturated heterocycles. The second-order valence-corrected chi connectivity index (χ2v) is 4.42. The highest BCUT2D eigenvalue weighted by Crippen LogP contribution is 2.04. The van der Waals surface area contributed by atoms with Gasteiger partial charge in [-0.25, -0.2) is 0 Å². The Labute approximate surface area is 107 Å². The van der Waals surface area contributed by atoms with Crippen molar-refractivity contribution >= 4 is 0 Å². The average Bonchev–Trinajstić information content (AvgIpc) is 2.29. The molecule has 0 heterocycles. The van der Waals surface area contributed by atoms with Crippen LogP contribution in [0.2, 0.25) is 0 Å².